The van der Waals surface area contributed by atoms with Gasteiger partial charge < -0.3 is 0 Å². The molecule has 0 saturated heterocycles. The van der Waals surface area contributed by atoms with Gasteiger partial charge in [0, 0.05) is 32.2 Å². The number of nitrogens with zero attached hydrogens (tertiary/aromatic N) is 2. The van der Waals surface area contributed by atoms with Gasteiger partial charge in [0.1, 0.15) is 0 Å². The Kier molecular flexibility index (Phi) is 10.4. The van der Waals surface area contributed by atoms with Crippen LogP contribution in [0.25, 0.3) is 0 Å². The van der Waals surface area contributed by atoms with Gasteiger partial charge in [0.05, 0.1) is 11.4 Å². The maximum atomic E-state index is 5.76. The molecule has 0 saturated carbocycles. The predicted molar refractivity (Wildman–Crippen MR) is 126 cm³/mol. The van der Waals surface area contributed by atoms with Crippen molar-refractivity contribution in [3.05, 3.63) is 103 Å². The minimum Gasteiger partial charge on any atom is -0.255 e. The third-order valence-corrected chi connectivity index (χ3v) is 5.54. The molecule has 2 nitrogen and oxygen atoms in total. The van der Waals surface area contributed by atoms with Gasteiger partial charge in [-0.05, 0) is 71.4 Å². The molecule has 2 heterocycles. The SMILES string of the molecule is Clc1ccc(N=Cc2cccs2)cc1.Clc1ccc(N=Cc2cccs2)cc1.[Cu+2]. The fourth-order valence-electron chi connectivity index (χ4n) is 2.06. The molecule has 7 heteroatoms. The van der Waals surface area contributed by atoms with Crippen LogP contribution in [0.5, 0.6) is 0 Å². The molecule has 2 aromatic heterocycles. The van der Waals surface area contributed by atoms with E-state index in [1.807, 2.05) is 96.0 Å². The van der Waals surface area contributed by atoms with Crippen LogP contribution >= 0.6 is 45.9 Å². The summed E-state index contributed by atoms with van der Waals surface area (Å²) < 4.78 is 0. The Morgan fingerprint density at radius 3 is 1.28 bits per heavy atom. The summed E-state index contributed by atoms with van der Waals surface area (Å²) in [4.78, 5) is 10.9. The molecule has 0 fully saturated rings. The van der Waals surface area contributed by atoms with E-state index in [2.05, 4.69) is 9.98 Å². The Morgan fingerprint density at radius 2 is 0.966 bits per heavy atom. The molecular weight excluding hydrogens is 491 g/mol. The van der Waals surface area contributed by atoms with Crippen molar-refractivity contribution in [2.24, 2.45) is 9.98 Å². The average Bonchev–Trinajstić information content (AvgIpc) is 3.42. The number of rotatable bonds is 4. The number of benzene rings is 2. The number of thiophene rings is 2. The van der Waals surface area contributed by atoms with Crippen molar-refractivity contribution in [3.8, 4) is 0 Å². The molecule has 0 aliphatic heterocycles. The van der Waals surface area contributed by atoms with Crippen LogP contribution in [0.1, 0.15) is 9.75 Å². The summed E-state index contributed by atoms with van der Waals surface area (Å²) in [6.07, 6.45) is 3.71. The fourth-order valence-corrected chi connectivity index (χ4v) is 3.48. The third kappa shape index (κ3) is 8.67. The van der Waals surface area contributed by atoms with Gasteiger partial charge in [-0.3, -0.25) is 9.98 Å². The molecule has 4 rings (SSSR count). The smallest absolute Gasteiger partial charge is 0.255 e. The summed E-state index contributed by atoms with van der Waals surface area (Å²) in [6.45, 7) is 0. The van der Waals surface area contributed by atoms with Crippen LogP contribution < -0.4 is 0 Å². The number of hydrogen-bond donors (Lipinski definition) is 0. The second-order valence-corrected chi connectivity index (χ2v) is 8.33. The first kappa shape index (κ1) is 23.6. The van der Waals surface area contributed by atoms with Crippen LogP contribution in [0.3, 0.4) is 0 Å². The van der Waals surface area contributed by atoms with Crippen molar-refractivity contribution in [2.45, 2.75) is 0 Å². The Morgan fingerprint density at radius 1 is 0.586 bits per heavy atom. The molecule has 0 unspecified atom stereocenters. The maximum Gasteiger partial charge on any atom is 2.00 e. The van der Waals surface area contributed by atoms with E-state index in [9.17, 15) is 0 Å². The summed E-state index contributed by atoms with van der Waals surface area (Å²) in [5, 5.41) is 5.53. The van der Waals surface area contributed by atoms with E-state index < -0.39 is 0 Å². The largest absolute Gasteiger partial charge is 2.00 e. The van der Waals surface area contributed by atoms with Gasteiger partial charge in [-0.1, -0.05) is 35.3 Å². The first-order valence-corrected chi connectivity index (χ1v) is 10.9. The maximum absolute atomic E-state index is 5.76. The molecule has 0 amide bonds. The first-order valence-electron chi connectivity index (χ1n) is 8.35. The summed E-state index contributed by atoms with van der Waals surface area (Å²) in [5.74, 6) is 0. The predicted octanol–water partition coefficient (Wildman–Crippen LogP) is 8.30. The fraction of sp³-hybridized carbons (Fsp3) is 0. The molecule has 2 aromatic carbocycles. The Labute approximate surface area is 199 Å². The molecule has 149 valence electrons. The van der Waals surface area contributed by atoms with Crippen LogP contribution in [0.4, 0.5) is 11.4 Å². The Bertz CT molecular complexity index is 926. The molecule has 0 aliphatic carbocycles. The Hall–Kier alpha value is -1.72. The Balaban J connectivity index is 0.000000200. The van der Waals surface area contributed by atoms with Crippen molar-refractivity contribution in [1.29, 1.82) is 0 Å². The zero-order chi connectivity index (χ0) is 19.6. The molecule has 1 radical (unpaired) electrons. The van der Waals surface area contributed by atoms with E-state index in [-0.39, 0.29) is 17.1 Å². The topological polar surface area (TPSA) is 24.7 Å². The molecule has 4 aromatic rings. The summed E-state index contributed by atoms with van der Waals surface area (Å²) in [5.41, 5.74) is 1.84. The molecule has 29 heavy (non-hydrogen) atoms. The van der Waals surface area contributed by atoms with Gasteiger partial charge in [0.15, 0.2) is 0 Å². The second-order valence-electron chi connectivity index (χ2n) is 5.50. The molecule has 0 bridgehead atoms. The monoisotopic (exact) mass is 505 g/mol. The van der Waals surface area contributed by atoms with E-state index in [0.717, 1.165) is 31.2 Å². The zero-order valence-electron chi connectivity index (χ0n) is 15.0. The van der Waals surface area contributed by atoms with Crippen molar-refractivity contribution < 1.29 is 17.1 Å². The van der Waals surface area contributed by atoms with E-state index in [4.69, 9.17) is 23.2 Å². The number of hydrogen-bond acceptors (Lipinski definition) is 4. The van der Waals surface area contributed by atoms with Crippen molar-refractivity contribution in [3.63, 3.8) is 0 Å². The molecule has 0 spiro atoms. The van der Waals surface area contributed by atoms with E-state index in [0.29, 0.717) is 0 Å². The van der Waals surface area contributed by atoms with Gasteiger partial charge in [-0.25, -0.2) is 0 Å². The average molecular weight is 507 g/mol. The third-order valence-electron chi connectivity index (χ3n) is 3.42. The molecule has 0 atom stereocenters. The van der Waals surface area contributed by atoms with Crippen LogP contribution in [-0.2, 0) is 17.1 Å². The summed E-state index contributed by atoms with van der Waals surface area (Å²) in [7, 11) is 0. The van der Waals surface area contributed by atoms with E-state index in [1.54, 1.807) is 22.7 Å². The molecular formula is C22H16Cl2CuN2S2+2. The number of aliphatic imine (C=N–C) groups is 2. The van der Waals surface area contributed by atoms with Crippen LogP contribution in [0.2, 0.25) is 10.0 Å². The van der Waals surface area contributed by atoms with Gasteiger partial charge in [0.2, 0.25) is 0 Å². The van der Waals surface area contributed by atoms with Crippen molar-refractivity contribution in [2.75, 3.05) is 0 Å². The van der Waals surface area contributed by atoms with Gasteiger partial charge in [-0.2, -0.15) is 0 Å². The summed E-state index contributed by atoms with van der Waals surface area (Å²) in [6, 6.07) is 23.0. The van der Waals surface area contributed by atoms with Gasteiger partial charge >= 0.3 is 17.1 Å². The minimum atomic E-state index is 0. The molecule has 0 N–H and O–H groups in total. The van der Waals surface area contributed by atoms with E-state index in [1.165, 1.54) is 0 Å². The second kappa shape index (κ2) is 12.8. The standard InChI is InChI=1S/2C11H8ClNS.Cu/c2*12-9-3-5-10(6-4-9)13-8-11-2-1-7-14-11;/h2*1-8H;/q;;+2. The zero-order valence-corrected chi connectivity index (χ0v) is 19.1. The van der Waals surface area contributed by atoms with Crippen LogP contribution in [0.15, 0.2) is 93.5 Å². The van der Waals surface area contributed by atoms with Gasteiger partial charge in [-0.15, -0.1) is 22.7 Å². The normalized spacial score (nSPS) is 10.6. The van der Waals surface area contributed by atoms with E-state index >= 15 is 0 Å². The minimum absolute atomic E-state index is 0. The van der Waals surface area contributed by atoms with Crippen molar-refractivity contribution >= 4 is 69.7 Å². The molecule has 0 aliphatic rings. The first-order chi connectivity index (χ1) is 13.7. The van der Waals surface area contributed by atoms with Crippen LogP contribution in [0, 0.1) is 0 Å². The summed E-state index contributed by atoms with van der Waals surface area (Å²) >= 11 is 14.9. The van der Waals surface area contributed by atoms with Crippen LogP contribution in [-0.4, -0.2) is 12.4 Å². The quantitative estimate of drug-likeness (QED) is 0.196. The van der Waals surface area contributed by atoms with Crippen molar-refractivity contribution in [1.82, 2.24) is 0 Å². The number of halogens is 2. The van der Waals surface area contributed by atoms with Gasteiger partial charge in [0.25, 0.3) is 0 Å².